The molecule has 0 radical (unpaired) electrons. The fourth-order valence-corrected chi connectivity index (χ4v) is 1.78. The lowest BCUT2D eigenvalue weighted by atomic mass is 10.1. The van der Waals surface area contributed by atoms with E-state index in [9.17, 15) is 10.2 Å². The lowest BCUT2D eigenvalue weighted by Crippen LogP contribution is -2.31. The number of ether oxygens (including phenoxy) is 1. The number of hydrogen-bond acceptors (Lipinski definition) is 7. The minimum absolute atomic E-state index is 0.0147. The first-order valence-electron chi connectivity index (χ1n) is 7.06. The van der Waals surface area contributed by atoms with E-state index in [4.69, 9.17) is 14.9 Å². The summed E-state index contributed by atoms with van der Waals surface area (Å²) in [6, 6.07) is 0. The molecule has 0 saturated carbocycles. The summed E-state index contributed by atoms with van der Waals surface area (Å²) < 4.78 is 5.35. The van der Waals surface area contributed by atoms with Crippen LogP contribution in [0.25, 0.3) is 0 Å². The molecule has 3 atom stereocenters. The van der Waals surface area contributed by atoms with Gasteiger partial charge < -0.3 is 25.2 Å². The molecule has 21 heavy (non-hydrogen) atoms. The van der Waals surface area contributed by atoms with Gasteiger partial charge in [0.05, 0.1) is 43.4 Å². The average Bonchev–Trinajstić information content (AvgIpc) is 2.51. The van der Waals surface area contributed by atoms with Crippen LogP contribution in [0.3, 0.4) is 0 Å². The third-order valence-electron chi connectivity index (χ3n) is 3.11. The van der Waals surface area contributed by atoms with Crippen molar-refractivity contribution < 1.29 is 25.2 Å². The van der Waals surface area contributed by atoms with Crippen molar-refractivity contribution in [1.29, 1.82) is 0 Å². The summed E-state index contributed by atoms with van der Waals surface area (Å²) in [6.45, 7) is 1.79. The molecule has 0 unspecified atom stereocenters. The molecule has 0 bridgehead atoms. The number of hydrogen-bond donors (Lipinski definition) is 4. The van der Waals surface area contributed by atoms with E-state index in [0.717, 1.165) is 12.1 Å². The van der Waals surface area contributed by atoms with Crippen molar-refractivity contribution in [2.24, 2.45) is 0 Å². The van der Waals surface area contributed by atoms with Gasteiger partial charge in [-0.05, 0) is 19.8 Å². The highest BCUT2D eigenvalue weighted by atomic mass is 16.5. The Hall–Kier alpha value is -1.12. The smallest absolute Gasteiger partial charge is 0.103 e. The molecule has 0 aliphatic heterocycles. The lowest BCUT2D eigenvalue weighted by Gasteiger charge is -2.15. The third kappa shape index (κ3) is 6.92. The van der Waals surface area contributed by atoms with Gasteiger partial charge in [-0.25, -0.2) is 0 Å². The highest BCUT2D eigenvalue weighted by molar-refractivity contribution is 5.04. The van der Waals surface area contributed by atoms with E-state index >= 15 is 0 Å². The van der Waals surface area contributed by atoms with E-state index < -0.39 is 18.8 Å². The van der Waals surface area contributed by atoms with Gasteiger partial charge >= 0.3 is 0 Å². The third-order valence-corrected chi connectivity index (χ3v) is 3.11. The second-order valence-corrected chi connectivity index (χ2v) is 4.96. The van der Waals surface area contributed by atoms with Crippen LogP contribution >= 0.6 is 0 Å². The van der Waals surface area contributed by atoms with Gasteiger partial charge in [0.25, 0.3) is 0 Å². The van der Waals surface area contributed by atoms with E-state index in [1.165, 1.54) is 0 Å². The van der Waals surface area contributed by atoms with Crippen LogP contribution in [-0.2, 0) is 17.6 Å². The van der Waals surface area contributed by atoms with E-state index in [2.05, 4.69) is 9.97 Å². The Morgan fingerprint density at radius 2 is 1.76 bits per heavy atom. The van der Waals surface area contributed by atoms with Crippen LogP contribution in [0.1, 0.15) is 24.7 Å². The summed E-state index contributed by atoms with van der Waals surface area (Å²) in [5.41, 5.74) is 1.37. The Kier molecular flexibility index (Phi) is 8.33. The Bertz CT molecular complexity index is 387. The van der Waals surface area contributed by atoms with Gasteiger partial charge in [0.15, 0.2) is 0 Å². The van der Waals surface area contributed by atoms with E-state index in [1.807, 2.05) is 6.92 Å². The van der Waals surface area contributed by atoms with Gasteiger partial charge in [-0.15, -0.1) is 0 Å². The Morgan fingerprint density at radius 1 is 1.10 bits per heavy atom. The summed E-state index contributed by atoms with van der Waals surface area (Å²) in [5, 5.41) is 36.3. The molecule has 1 rings (SSSR count). The van der Waals surface area contributed by atoms with Crippen molar-refractivity contribution in [2.75, 3.05) is 19.8 Å². The largest absolute Gasteiger partial charge is 0.394 e. The maximum absolute atomic E-state index is 9.58. The maximum atomic E-state index is 9.58. The average molecular weight is 300 g/mol. The second kappa shape index (κ2) is 9.75. The van der Waals surface area contributed by atoms with Crippen molar-refractivity contribution in [2.45, 2.75) is 44.5 Å². The van der Waals surface area contributed by atoms with Crippen molar-refractivity contribution in [3.8, 4) is 0 Å². The normalized spacial score (nSPS) is 15.7. The predicted molar refractivity (Wildman–Crippen MR) is 75.7 cm³/mol. The van der Waals surface area contributed by atoms with Gasteiger partial charge in [-0.2, -0.15) is 0 Å². The molecule has 7 heteroatoms. The van der Waals surface area contributed by atoms with Crippen LogP contribution in [0, 0.1) is 0 Å². The number of nitrogens with zero attached hydrogens (tertiary/aromatic N) is 2. The van der Waals surface area contributed by atoms with Crippen molar-refractivity contribution in [3.63, 3.8) is 0 Å². The molecule has 1 aromatic rings. The summed E-state index contributed by atoms with van der Waals surface area (Å²) >= 11 is 0. The van der Waals surface area contributed by atoms with Gasteiger partial charge in [0, 0.05) is 18.8 Å². The summed E-state index contributed by atoms with van der Waals surface area (Å²) in [6.07, 6.45) is 2.64. The van der Waals surface area contributed by atoms with Gasteiger partial charge in [-0.1, -0.05) is 0 Å². The van der Waals surface area contributed by atoms with Crippen LogP contribution in [-0.4, -0.2) is 68.5 Å². The van der Waals surface area contributed by atoms with Crippen molar-refractivity contribution in [1.82, 2.24) is 9.97 Å². The molecule has 1 aromatic heterocycles. The lowest BCUT2D eigenvalue weighted by molar-refractivity contribution is -0.0137. The minimum atomic E-state index is -1.17. The molecule has 7 nitrogen and oxygen atoms in total. The highest BCUT2D eigenvalue weighted by Crippen LogP contribution is 2.07. The number of rotatable bonds is 10. The monoisotopic (exact) mass is 300 g/mol. The molecule has 4 N–H and O–H groups in total. The number of aryl methyl sites for hydroxylation is 1. The Balaban J connectivity index is 2.39. The molecule has 0 saturated heterocycles. The minimum Gasteiger partial charge on any atom is -0.394 e. The van der Waals surface area contributed by atoms with Crippen molar-refractivity contribution in [3.05, 3.63) is 23.8 Å². The Morgan fingerprint density at radius 3 is 2.33 bits per heavy atom. The van der Waals surface area contributed by atoms with Crippen LogP contribution in [0.2, 0.25) is 0 Å². The van der Waals surface area contributed by atoms with Gasteiger partial charge in [-0.3, -0.25) is 9.97 Å². The summed E-state index contributed by atoms with van der Waals surface area (Å²) in [7, 11) is 0. The van der Waals surface area contributed by atoms with Crippen LogP contribution in [0.4, 0.5) is 0 Å². The van der Waals surface area contributed by atoms with Gasteiger partial charge in [0.2, 0.25) is 0 Å². The summed E-state index contributed by atoms with van der Waals surface area (Å²) in [5.74, 6) is 0. The van der Waals surface area contributed by atoms with Gasteiger partial charge in [0.1, 0.15) is 6.10 Å². The zero-order chi connectivity index (χ0) is 15.7. The maximum Gasteiger partial charge on any atom is 0.103 e. The number of aromatic nitrogens is 2. The molecule has 0 amide bonds. The van der Waals surface area contributed by atoms with E-state index in [0.29, 0.717) is 18.7 Å². The highest BCUT2D eigenvalue weighted by Gasteiger charge is 2.16. The molecular weight excluding hydrogens is 276 g/mol. The molecule has 1 heterocycles. The number of aliphatic hydroxyl groups excluding tert-OH is 4. The zero-order valence-electron chi connectivity index (χ0n) is 12.2. The first-order valence-corrected chi connectivity index (χ1v) is 7.06. The first kappa shape index (κ1) is 17.9. The predicted octanol–water partition coefficient (Wildman–Crippen LogP) is -0.937. The van der Waals surface area contributed by atoms with Crippen LogP contribution < -0.4 is 0 Å². The summed E-state index contributed by atoms with van der Waals surface area (Å²) in [4.78, 5) is 8.43. The van der Waals surface area contributed by atoms with Crippen LogP contribution in [0.15, 0.2) is 12.4 Å². The van der Waals surface area contributed by atoms with Crippen LogP contribution in [0.5, 0.6) is 0 Å². The molecule has 0 fully saturated rings. The second-order valence-electron chi connectivity index (χ2n) is 4.96. The molecule has 0 spiro atoms. The molecule has 0 aliphatic rings. The number of aliphatic hydroxyl groups is 4. The topological polar surface area (TPSA) is 116 Å². The fourth-order valence-electron chi connectivity index (χ4n) is 1.78. The molecule has 120 valence electrons. The van der Waals surface area contributed by atoms with Crippen molar-refractivity contribution >= 4 is 0 Å². The SMILES string of the molecule is C[C@@H](CCc1cnc(C[C@H](O)[C@H](O)CO)cn1)OCCO. The first-order chi connectivity index (χ1) is 10.1. The van der Waals surface area contributed by atoms with E-state index in [1.54, 1.807) is 12.4 Å². The zero-order valence-corrected chi connectivity index (χ0v) is 12.2. The fraction of sp³-hybridized carbons (Fsp3) is 0.714. The molecule has 0 aliphatic carbocycles. The quantitative estimate of drug-likeness (QED) is 0.441. The van der Waals surface area contributed by atoms with E-state index in [-0.39, 0.29) is 19.1 Å². The Labute approximate surface area is 124 Å². The molecular formula is C14H24N2O5. The standard InChI is InChI=1S/C14H24N2O5/c1-10(21-5-4-17)2-3-11-7-16-12(8-15-11)6-13(19)14(20)9-18/h7-8,10,13-14,17-20H,2-6,9H2,1H3/t10-,13-,14+/m0/s1. The molecule has 0 aromatic carbocycles.